The molecule has 1 radical (unpaired) electrons. The van der Waals surface area contributed by atoms with Gasteiger partial charge in [-0.2, -0.15) is 0 Å². The van der Waals surface area contributed by atoms with Crippen LogP contribution in [0.3, 0.4) is 0 Å². The van der Waals surface area contributed by atoms with Crippen molar-refractivity contribution in [3.8, 4) is 0 Å². The Morgan fingerprint density at radius 1 is 0.719 bits per heavy atom. The van der Waals surface area contributed by atoms with Crippen LogP contribution in [0.2, 0.25) is 0 Å². The molecule has 14 atom stereocenters. The molecule has 3 aliphatic heterocycles. The normalized spacial score (nSPS) is 52.7. The molecule has 187 valence electrons. The van der Waals surface area contributed by atoms with Crippen molar-refractivity contribution >= 4 is 0 Å². The Hall–Kier alpha value is -0.560. The summed E-state index contributed by atoms with van der Waals surface area (Å²) in [5, 5.41) is 89.4. The van der Waals surface area contributed by atoms with E-state index in [9.17, 15) is 46.0 Å². The number of ether oxygens (including phenoxy) is 5. The number of aliphatic hydroxyl groups excluding tert-OH is 9. The molecule has 14 unspecified atom stereocenters. The summed E-state index contributed by atoms with van der Waals surface area (Å²) in [7, 11) is 0. The first-order valence-electron chi connectivity index (χ1n) is 10.2. The molecule has 14 heteroatoms. The fourth-order valence-electron chi connectivity index (χ4n) is 3.73. The Kier molecular flexibility index (Phi) is 8.79. The van der Waals surface area contributed by atoms with Gasteiger partial charge in [-0.3, -0.25) is 0 Å². The van der Waals surface area contributed by atoms with Crippen molar-refractivity contribution in [3.05, 3.63) is 6.61 Å². The topological polar surface area (TPSA) is 228 Å². The molecule has 0 saturated carbocycles. The highest BCUT2D eigenvalue weighted by atomic mass is 16.7. The van der Waals surface area contributed by atoms with Crippen LogP contribution in [0.1, 0.15) is 6.92 Å². The second kappa shape index (κ2) is 10.8. The highest BCUT2D eigenvalue weighted by Gasteiger charge is 2.50. The van der Waals surface area contributed by atoms with E-state index in [0.29, 0.717) is 0 Å². The Morgan fingerprint density at radius 3 is 2.03 bits per heavy atom. The third-order valence-corrected chi connectivity index (χ3v) is 5.82. The van der Waals surface area contributed by atoms with Crippen LogP contribution in [-0.4, -0.2) is 145 Å². The largest absolute Gasteiger partial charge is 0.394 e. The van der Waals surface area contributed by atoms with Crippen LogP contribution in [-0.2, 0) is 23.7 Å². The molecular formula is C18H31O14. The van der Waals surface area contributed by atoms with E-state index >= 15 is 0 Å². The minimum atomic E-state index is -1.71. The van der Waals surface area contributed by atoms with Gasteiger partial charge in [0.1, 0.15) is 73.8 Å². The number of hydrogen-bond donors (Lipinski definition) is 9. The maximum absolute atomic E-state index is 10.5. The zero-order chi connectivity index (χ0) is 23.7. The zero-order valence-electron chi connectivity index (χ0n) is 17.1. The Morgan fingerprint density at radius 2 is 1.38 bits per heavy atom. The molecule has 3 fully saturated rings. The molecule has 0 aliphatic carbocycles. The monoisotopic (exact) mass is 471 g/mol. The van der Waals surface area contributed by atoms with Gasteiger partial charge in [0.15, 0.2) is 12.6 Å². The SMILES string of the molecule is CC1OC(OC2C(CO)OC(OCC3O[CH]C(O)C(O)C3O)C(O)C2O)C(O)C(O)C1O. The first-order valence-corrected chi connectivity index (χ1v) is 10.2. The lowest BCUT2D eigenvalue weighted by Crippen LogP contribution is -2.64. The molecule has 3 heterocycles. The minimum absolute atomic E-state index is 0.411. The predicted octanol–water partition coefficient (Wildman–Crippen LogP) is -5.70. The predicted molar refractivity (Wildman–Crippen MR) is 98.1 cm³/mol. The van der Waals surface area contributed by atoms with E-state index in [-0.39, 0.29) is 0 Å². The van der Waals surface area contributed by atoms with Crippen LogP contribution in [0.15, 0.2) is 0 Å². The molecule has 32 heavy (non-hydrogen) atoms. The van der Waals surface area contributed by atoms with E-state index in [1.165, 1.54) is 6.92 Å². The smallest absolute Gasteiger partial charge is 0.187 e. The second-order valence-corrected chi connectivity index (χ2v) is 8.10. The quantitative estimate of drug-likeness (QED) is 0.176. The van der Waals surface area contributed by atoms with Crippen LogP contribution >= 0.6 is 0 Å². The molecule has 3 aliphatic rings. The average molecular weight is 471 g/mol. The fraction of sp³-hybridized carbons (Fsp3) is 0.944. The van der Waals surface area contributed by atoms with Crippen LogP contribution in [0, 0.1) is 6.61 Å². The lowest BCUT2D eigenvalue weighted by Gasteiger charge is -2.46. The van der Waals surface area contributed by atoms with Gasteiger partial charge in [-0.05, 0) is 6.92 Å². The van der Waals surface area contributed by atoms with Crippen molar-refractivity contribution in [1.82, 2.24) is 0 Å². The van der Waals surface area contributed by atoms with Crippen molar-refractivity contribution < 1.29 is 69.6 Å². The summed E-state index contributed by atoms with van der Waals surface area (Å²) in [5.41, 5.74) is 0. The van der Waals surface area contributed by atoms with Crippen molar-refractivity contribution in [2.45, 2.75) is 92.8 Å². The van der Waals surface area contributed by atoms with Gasteiger partial charge in [0.2, 0.25) is 0 Å². The van der Waals surface area contributed by atoms with E-state index < -0.39 is 99.0 Å². The molecule has 0 bridgehead atoms. The molecule has 0 aromatic heterocycles. The molecule has 0 aromatic carbocycles. The Bertz CT molecular complexity index is 594. The van der Waals surface area contributed by atoms with Gasteiger partial charge in [0, 0.05) is 0 Å². The van der Waals surface area contributed by atoms with Crippen LogP contribution in [0.5, 0.6) is 0 Å². The van der Waals surface area contributed by atoms with E-state index in [4.69, 9.17) is 23.7 Å². The summed E-state index contributed by atoms with van der Waals surface area (Å²) < 4.78 is 26.6. The van der Waals surface area contributed by atoms with Crippen LogP contribution < -0.4 is 0 Å². The highest BCUT2D eigenvalue weighted by Crippen LogP contribution is 2.30. The molecule has 14 nitrogen and oxygen atoms in total. The zero-order valence-corrected chi connectivity index (χ0v) is 17.1. The van der Waals surface area contributed by atoms with E-state index in [2.05, 4.69) is 0 Å². The number of hydrogen-bond acceptors (Lipinski definition) is 14. The van der Waals surface area contributed by atoms with Gasteiger partial charge in [0.05, 0.1) is 19.3 Å². The third-order valence-electron chi connectivity index (χ3n) is 5.82. The lowest BCUT2D eigenvalue weighted by atomic mass is 9.97. The van der Waals surface area contributed by atoms with Gasteiger partial charge in [-0.1, -0.05) is 0 Å². The van der Waals surface area contributed by atoms with Crippen LogP contribution in [0.25, 0.3) is 0 Å². The van der Waals surface area contributed by atoms with Gasteiger partial charge >= 0.3 is 0 Å². The Labute approximate surface area is 183 Å². The molecule has 0 amide bonds. The average Bonchev–Trinajstić information content (AvgIpc) is 2.77. The first-order chi connectivity index (χ1) is 15.1. The maximum Gasteiger partial charge on any atom is 0.187 e. The standard InChI is InChI=1S/C18H31O14/c1-5-9(21)12(24)14(26)18(30-5)32-16-7(2-19)31-17(15(27)13(16)25)29-4-8-11(23)10(22)6(20)3-28-8/h3,5-27H,2,4H2,1H3. The summed E-state index contributed by atoms with van der Waals surface area (Å²) in [5.74, 6) is 0. The Balaban J connectivity index is 1.61. The van der Waals surface area contributed by atoms with Crippen molar-refractivity contribution in [1.29, 1.82) is 0 Å². The van der Waals surface area contributed by atoms with E-state index in [1.54, 1.807) is 0 Å². The second-order valence-electron chi connectivity index (χ2n) is 8.10. The molecule has 0 aromatic rings. The molecule has 3 rings (SSSR count). The van der Waals surface area contributed by atoms with Crippen molar-refractivity contribution in [2.24, 2.45) is 0 Å². The molecular weight excluding hydrogens is 440 g/mol. The van der Waals surface area contributed by atoms with Crippen molar-refractivity contribution in [2.75, 3.05) is 13.2 Å². The van der Waals surface area contributed by atoms with E-state index in [1.807, 2.05) is 0 Å². The summed E-state index contributed by atoms with van der Waals surface area (Å²) in [6, 6.07) is 0. The molecule has 0 spiro atoms. The van der Waals surface area contributed by atoms with Crippen LogP contribution in [0.4, 0.5) is 0 Å². The van der Waals surface area contributed by atoms with Gasteiger partial charge < -0.3 is 69.6 Å². The third kappa shape index (κ3) is 5.24. The summed E-state index contributed by atoms with van der Waals surface area (Å²) in [6.07, 6.45) is -20.1. The highest BCUT2D eigenvalue weighted by molar-refractivity contribution is 4.95. The number of aliphatic hydroxyl groups is 9. The molecule has 3 saturated heterocycles. The lowest BCUT2D eigenvalue weighted by molar-refractivity contribution is -0.358. The summed E-state index contributed by atoms with van der Waals surface area (Å²) in [6.45, 7) is 1.24. The van der Waals surface area contributed by atoms with Crippen molar-refractivity contribution in [3.63, 3.8) is 0 Å². The minimum Gasteiger partial charge on any atom is -0.394 e. The summed E-state index contributed by atoms with van der Waals surface area (Å²) >= 11 is 0. The maximum atomic E-state index is 10.5. The van der Waals surface area contributed by atoms with Gasteiger partial charge in [0.25, 0.3) is 0 Å². The fourth-order valence-corrected chi connectivity index (χ4v) is 3.73. The summed E-state index contributed by atoms with van der Waals surface area (Å²) in [4.78, 5) is 0. The van der Waals surface area contributed by atoms with Gasteiger partial charge in [-0.15, -0.1) is 0 Å². The first kappa shape index (κ1) is 26.1. The molecule has 9 N–H and O–H groups in total. The number of rotatable bonds is 6. The van der Waals surface area contributed by atoms with Gasteiger partial charge in [-0.25, -0.2) is 0 Å². The van der Waals surface area contributed by atoms with E-state index in [0.717, 1.165) is 6.61 Å².